The monoisotopic (exact) mass is 260 g/mol. The zero-order valence-corrected chi connectivity index (χ0v) is 10.8. The summed E-state index contributed by atoms with van der Waals surface area (Å²) in [7, 11) is 0. The molecule has 2 amide bonds. The second kappa shape index (κ2) is 5.65. The highest BCUT2D eigenvalue weighted by atomic mass is 16.2. The Hall–Kier alpha value is -2.17. The number of carbonyl (C=O) groups is 3. The summed E-state index contributed by atoms with van der Waals surface area (Å²) < 4.78 is 0. The van der Waals surface area contributed by atoms with Crippen LogP contribution in [0.5, 0.6) is 0 Å². The number of nitrogens with zero attached hydrogens (tertiary/aromatic N) is 1. The molecule has 0 unspecified atom stereocenters. The SMILES string of the molecule is CCCCNC(=O)CN1C(=O)C(=O)c2ccccc21. The third kappa shape index (κ3) is 2.65. The normalized spacial score (nSPS) is 13.6. The molecule has 1 N–H and O–H groups in total. The van der Waals surface area contributed by atoms with Crippen molar-refractivity contribution in [2.75, 3.05) is 18.0 Å². The Morgan fingerprint density at radius 1 is 1.26 bits per heavy atom. The number of hydrogen-bond acceptors (Lipinski definition) is 3. The number of Topliss-reactive ketones (excluding diaryl/α,β-unsaturated/α-hetero) is 1. The third-order valence-corrected chi connectivity index (χ3v) is 3.03. The van der Waals surface area contributed by atoms with E-state index in [1.165, 1.54) is 4.90 Å². The number of unbranched alkanes of at least 4 members (excludes halogenated alkanes) is 1. The van der Waals surface area contributed by atoms with Gasteiger partial charge in [0.1, 0.15) is 6.54 Å². The molecule has 1 aromatic carbocycles. The number of carbonyl (C=O) groups excluding carboxylic acids is 3. The standard InChI is InChI=1S/C14H16N2O3/c1-2-3-8-15-12(17)9-16-11-7-5-4-6-10(11)13(18)14(16)19/h4-7H,2-3,8-9H2,1H3,(H,15,17). The third-order valence-electron chi connectivity index (χ3n) is 3.03. The fourth-order valence-corrected chi connectivity index (χ4v) is 2.01. The average Bonchev–Trinajstić information content (AvgIpc) is 2.65. The second-order valence-electron chi connectivity index (χ2n) is 4.44. The maximum Gasteiger partial charge on any atom is 0.299 e. The van der Waals surface area contributed by atoms with Crippen LogP contribution in [0.4, 0.5) is 5.69 Å². The summed E-state index contributed by atoms with van der Waals surface area (Å²) in [5.41, 5.74) is 0.886. The molecular weight excluding hydrogens is 244 g/mol. The zero-order valence-electron chi connectivity index (χ0n) is 10.8. The lowest BCUT2D eigenvalue weighted by molar-refractivity contribution is -0.122. The minimum absolute atomic E-state index is 0.106. The molecule has 0 saturated carbocycles. The molecular formula is C14H16N2O3. The minimum Gasteiger partial charge on any atom is -0.355 e. The molecule has 5 nitrogen and oxygen atoms in total. The van der Waals surface area contributed by atoms with Gasteiger partial charge in [-0.25, -0.2) is 0 Å². The Labute approximate surface area is 111 Å². The largest absolute Gasteiger partial charge is 0.355 e. The van der Waals surface area contributed by atoms with E-state index in [9.17, 15) is 14.4 Å². The number of nitrogens with one attached hydrogen (secondary N) is 1. The molecule has 0 bridgehead atoms. The van der Waals surface area contributed by atoms with Gasteiger partial charge in [0.15, 0.2) is 0 Å². The van der Waals surface area contributed by atoms with E-state index in [1.54, 1.807) is 24.3 Å². The second-order valence-corrected chi connectivity index (χ2v) is 4.44. The molecule has 0 fully saturated rings. The lowest BCUT2D eigenvalue weighted by Gasteiger charge is -2.15. The number of ketones is 1. The predicted molar refractivity (Wildman–Crippen MR) is 71.0 cm³/mol. The Bertz CT molecular complexity index is 525. The van der Waals surface area contributed by atoms with E-state index in [4.69, 9.17) is 0 Å². The Kier molecular flexibility index (Phi) is 3.94. The van der Waals surface area contributed by atoms with Crippen molar-refractivity contribution in [2.45, 2.75) is 19.8 Å². The molecule has 1 aromatic rings. The Morgan fingerprint density at radius 3 is 2.74 bits per heavy atom. The topological polar surface area (TPSA) is 66.5 Å². The van der Waals surface area contributed by atoms with Gasteiger partial charge in [0.25, 0.3) is 11.7 Å². The van der Waals surface area contributed by atoms with E-state index in [2.05, 4.69) is 5.32 Å². The predicted octanol–water partition coefficient (Wildman–Crippen LogP) is 1.13. The van der Waals surface area contributed by atoms with Crippen LogP contribution in [0, 0.1) is 0 Å². The molecule has 19 heavy (non-hydrogen) atoms. The minimum atomic E-state index is -0.633. The van der Waals surface area contributed by atoms with Crippen LogP contribution < -0.4 is 10.2 Å². The number of para-hydroxylation sites is 1. The van der Waals surface area contributed by atoms with Gasteiger partial charge in [0, 0.05) is 6.54 Å². The summed E-state index contributed by atoms with van der Waals surface area (Å²) in [4.78, 5) is 36.5. The van der Waals surface area contributed by atoms with Gasteiger partial charge < -0.3 is 5.32 Å². The van der Waals surface area contributed by atoms with Crippen LogP contribution in [0.25, 0.3) is 0 Å². The van der Waals surface area contributed by atoms with Crippen molar-refractivity contribution in [2.24, 2.45) is 0 Å². The van der Waals surface area contributed by atoms with Gasteiger partial charge in [-0.3, -0.25) is 19.3 Å². The molecule has 0 aliphatic carbocycles. The molecule has 0 saturated heterocycles. The van der Waals surface area contributed by atoms with Crippen LogP contribution in [0.2, 0.25) is 0 Å². The fraction of sp³-hybridized carbons (Fsp3) is 0.357. The highest BCUT2D eigenvalue weighted by molar-refractivity contribution is 6.52. The first-order valence-corrected chi connectivity index (χ1v) is 6.37. The first-order valence-electron chi connectivity index (χ1n) is 6.37. The Morgan fingerprint density at radius 2 is 2.00 bits per heavy atom. The van der Waals surface area contributed by atoms with Gasteiger partial charge in [-0.2, -0.15) is 0 Å². The van der Waals surface area contributed by atoms with Gasteiger partial charge in [0.2, 0.25) is 5.91 Å². The summed E-state index contributed by atoms with van der Waals surface area (Å²) in [5.74, 6) is -1.42. The summed E-state index contributed by atoms with van der Waals surface area (Å²) in [6.45, 7) is 2.52. The number of anilines is 1. The van der Waals surface area contributed by atoms with Crippen LogP contribution in [0.3, 0.4) is 0 Å². The summed E-state index contributed by atoms with van der Waals surface area (Å²) in [5, 5.41) is 2.73. The molecule has 0 atom stereocenters. The highest BCUT2D eigenvalue weighted by Crippen LogP contribution is 2.27. The fourth-order valence-electron chi connectivity index (χ4n) is 2.01. The molecule has 2 rings (SSSR count). The van der Waals surface area contributed by atoms with E-state index in [0.717, 1.165) is 12.8 Å². The van der Waals surface area contributed by atoms with Crippen LogP contribution >= 0.6 is 0 Å². The number of benzene rings is 1. The van der Waals surface area contributed by atoms with Crippen LogP contribution in [0.1, 0.15) is 30.1 Å². The van der Waals surface area contributed by atoms with Crippen molar-refractivity contribution in [3.05, 3.63) is 29.8 Å². The van der Waals surface area contributed by atoms with Crippen molar-refractivity contribution in [1.29, 1.82) is 0 Å². The smallest absolute Gasteiger partial charge is 0.299 e. The van der Waals surface area contributed by atoms with Crippen molar-refractivity contribution in [3.63, 3.8) is 0 Å². The van der Waals surface area contributed by atoms with Crippen molar-refractivity contribution in [3.8, 4) is 0 Å². The lowest BCUT2D eigenvalue weighted by atomic mass is 10.1. The first-order chi connectivity index (χ1) is 9.15. The van der Waals surface area contributed by atoms with Crippen molar-refractivity contribution in [1.82, 2.24) is 5.32 Å². The summed E-state index contributed by atoms with van der Waals surface area (Å²) in [6, 6.07) is 6.73. The first kappa shape index (κ1) is 13.3. The molecule has 1 aliphatic rings. The lowest BCUT2D eigenvalue weighted by Crippen LogP contribution is -2.40. The molecule has 0 spiro atoms. The molecule has 1 heterocycles. The van der Waals surface area contributed by atoms with Gasteiger partial charge >= 0.3 is 0 Å². The van der Waals surface area contributed by atoms with Gasteiger partial charge in [-0.05, 0) is 18.6 Å². The maximum atomic E-state index is 11.8. The average molecular weight is 260 g/mol. The van der Waals surface area contributed by atoms with Crippen LogP contribution in [0.15, 0.2) is 24.3 Å². The summed E-state index contributed by atoms with van der Waals surface area (Å²) in [6.07, 6.45) is 1.89. The van der Waals surface area contributed by atoms with Gasteiger partial charge in [0.05, 0.1) is 11.3 Å². The quantitative estimate of drug-likeness (QED) is 0.637. The van der Waals surface area contributed by atoms with E-state index in [0.29, 0.717) is 17.8 Å². The number of rotatable bonds is 5. The highest BCUT2D eigenvalue weighted by Gasteiger charge is 2.36. The van der Waals surface area contributed by atoms with Crippen LogP contribution in [-0.4, -0.2) is 30.7 Å². The van der Waals surface area contributed by atoms with Crippen molar-refractivity contribution < 1.29 is 14.4 Å². The number of hydrogen-bond donors (Lipinski definition) is 1. The summed E-state index contributed by atoms with van der Waals surface area (Å²) >= 11 is 0. The van der Waals surface area contributed by atoms with E-state index < -0.39 is 11.7 Å². The zero-order chi connectivity index (χ0) is 13.8. The molecule has 5 heteroatoms. The molecule has 100 valence electrons. The number of fused-ring (bicyclic) bond motifs is 1. The number of amides is 2. The van der Waals surface area contributed by atoms with E-state index >= 15 is 0 Å². The van der Waals surface area contributed by atoms with Crippen molar-refractivity contribution >= 4 is 23.3 Å². The van der Waals surface area contributed by atoms with E-state index in [1.807, 2.05) is 6.92 Å². The van der Waals surface area contributed by atoms with Gasteiger partial charge in [-0.15, -0.1) is 0 Å². The Balaban J connectivity index is 2.07. The van der Waals surface area contributed by atoms with Crippen LogP contribution in [-0.2, 0) is 9.59 Å². The van der Waals surface area contributed by atoms with Gasteiger partial charge in [-0.1, -0.05) is 25.5 Å². The maximum absolute atomic E-state index is 11.8. The van der Waals surface area contributed by atoms with E-state index in [-0.39, 0.29) is 12.5 Å². The molecule has 0 radical (unpaired) electrons. The molecule has 0 aromatic heterocycles. The molecule has 1 aliphatic heterocycles.